The molecule has 118 valence electrons. The summed E-state index contributed by atoms with van der Waals surface area (Å²) in [7, 11) is 1.86. The van der Waals surface area contributed by atoms with Crippen LogP contribution in [0.1, 0.15) is 52.9 Å². The molecular weight excluding hydrogens is 248 g/mol. The number of unbranched alkanes of at least 4 members (excludes halogenated alkanes) is 2. The second-order valence-electron chi connectivity index (χ2n) is 6.18. The van der Waals surface area contributed by atoms with Gasteiger partial charge in [-0.15, -0.1) is 0 Å². The lowest BCUT2D eigenvalue weighted by Gasteiger charge is -2.35. The van der Waals surface area contributed by atoms with E-state index in [1.54, 1.807) is 0 Å². The third kappa shape index (κ3) is 6.60. The first-order valence-corrected chi connectivity index (χ1v) is 8.36. The van der Waals surface area contributed by atoms with Crippen LogP contribution in [-0.2, 0) is 0 Å². The summed E-state index contributed by atoms with van der Waals surface area (Å²) in [6, 6.07) is 0.671. The summed E-state index contributed by atoms with van der Waals surface area (Å²) in [5.74, 6) is 1.71. The predicted octanol–water partition coefficient (Wildman–Crippen LogP) is 2.46. The van der Waals surface area contributed by atoms with E-state index in [0.29, 0.717) is 6.04 Å². The van der Waals surface area contributed by atoms with Gasteiger partial charge in [-0.2, -0.15) is 0 Å². The first-order valence-electron chi connectivity index (χ1n) is 8.36. The number of piperidine rings is 1. The molecule has 0 aromatic carbocycles. The lowest BCUT2D eigenvalue weighted by molar-refractivity contribution is 0.141. The lowest BCUT2D eigenvalue weighted by atomic mass is 9.97. The Labute approximate surface area is 125 Å². The van der Waals surface area contributed by atoms with Gasteiger partial charge in [-0.1, -0.05) is 19.8 Å². The predicted molar refractivity (Wildman–Crippen MR) is 88.3 cm³/mol. The van der Waals surface area contributed by atoms with E-state index in [2.05, 4.69) is 41.3 Å². The largest absolute Gasteiger partial charge is 0.356 e. The Morgan fingerprint density at radius 2 is 2.10 bits per heavy atom. The van der Waals surface area contributed by atoms with Gasteiger partial charge < -0.3 is 15.5 Å². The van der Waals surface area contributed by atoms with Crippen molar-refractivity contribution in [3.05, 3.63) is 0 Å². The Kier molecular flexibility index (Phi) is 8.67. The highest BCUT2D eigenvalue weighted by Gasteiger charge is 2.21. The molecule has 0 aromatic rings. The maximum absolute atomic E-state index is 4.31. The maximum atomic E-state index is 4.31. The fourth-order valence-electron chi connectivity index (χ4n) is 2.78. The van der Waals surface area contributed by atoms with E-state index in [1.165, 1.54) is 45.2 Å². The van der Waals surface area contributed by atoms with E-state index in [0.717, 1.165) is 25.0 Å². The van der Waals surface area contributed by atoms with Gasteiger partial charge in [0.15, 0.2) is 5.96 Å². The zero-order chi connectivity index (χ0) is 14.8. The number of nitrogens with one attached hydrogen (secondary N) is 2. The maximum Gasteiger partial charge on any atom is 0.190 e. The lowest BCUT2D eigenvalue weighted by Crippen LogP contribution is -2.46. The number of aliphatic imine (C=N–C) groups is 1. The first kappa shape index (κ1) is 17.3. The summed E-state index contributed by atoms with van der Waals surface area (Å²) in [5, 5.41) is 6.89. The van der Waals surface area contributed by atoms with Crippen LogP contribution in [0.2, 0.25) is 0 Å². The van der Waals surface area contributed by atoms with Gasteiger partial charge in [0.1, 0.15) is 0 Å². The van der Waals surface area contributed by atoms with Crippen LogP contribution < -0.4 is 10.6 Å². The summed E-state index contributed by atoms with van der Waals surface area (Å²) >= 11 is 0. The highest BCUT2D eigenvalue weighted by Crippen LogP contribution is 2.17. The molecule has 4 heteroatoms. The van der Waals surface area contributed by atoms with Gasteiger partial charge in [-0.25, -0.2) is 0 Å². The number of guanidine groups is 1. The normalized spacial score (nSPS) is 21.2. The number of likely N-dealkylation sites (tertiary alicyclic amines) is 1. The molecule has 0 saturated carbocycles. The van der Waals surface area contributed by atoms with Crippen molar-refractivity contribution < 1.29 is 0 Å². The molecule has 0 radical (unpaired) electrons. The van der Waals surface area contributed by atoms with Crippen LogP contribution in [0.15, 0.2) is 4.99 Å². The molecule has 0 amide bonds. The molecule has 1 atom stereocenters. The van der Waals surface area contributed by atoms with Crippen LogP contribution in [0.25, 0.3) is 0 Å². The van der Waals surface area contributed by atoms with E-state index in [4.69, 9.17) is 0 Å². The molecule has 0 aromatic heterocycles. The zero-order valence-electron chi connectivity index (χ0n) is 13.9. The average Bonchev–Trinajstić information content (AvgIpc) is 2.47. The summed E-state index contributed by atoms with van der Waals surface area (Å²) in [5.41, 5.74) is 0. The minimum atomic E-state index is 0.671. The highest BCUT2D eigenvalue weighted by atomic mass is 15.2. The Morgan fingerprint density at radius 1 is 1.30 bits per heavy atom. The molecule has 1 rings (SSSR count). The Bertz CT molecular complexity index is 276. The standard InChI is InChI=1S/C16H34N4/c1-5-6-7-10-18-16(17-4)19-12-15-9-8-11-20(13-15)14(2)3/h14-15H,5-13H2,1-4H3,(H2,17,18,19). The molecule has 0 aliphatic carbocycles. The van der Waals surface area contributed by atoms with Gasteiger partial charge in [0, 0.05) is 32.7 Å². The van der Waals surface area contributed by atoms with E-state index in [9.17, 15) is 0 Å². The molecular formula is C16H34N4. The number of hydrogen-bond acceptors (Lipinski definition) is 2. The SMILES string of the molecule is CCCCCNC(=NC)NCC1CCCN(C(C)C)C1. The molecule has 1 unspecified atom stereocenters. The monoisotopic (exact) mass is 282 g/mol. The van der Waals surface area contributed by atoms with Crippen molar-refractivity contribution in [2.24, 2.45) is 10.9 Å². The number of nitrogens with zero attached hydrogens (tertiary/aromatic N) is 2. The van der Waals surface area contributed by atoms with Gasteiger partial charge >= 0.3 is 0 Å². The summed E-state index contributed by atoms with van der Waals surface area (Å²) in [6.45, 7) is 11.4. The third-order valence-electron chi connectivity index (χ3n) is 4.14. The second kappa shape index (κ2) is 10.0. The van der Waals surface area contributed by atoms with Gasteiger partial charge in [0.25, 0.3) is 0 Å². The Hall–Kier alpha value is -0.770. The number of rotatable bonds is 7. The van der Waals surface area contributed by atoms with E-state index in [-0.39, 0.29) is 0 Å². The molecule has 1 heterocycles. The first-order chi connectivity index (χ1) is 9.67. The van der Waals surface area contributed by atoms with E-state index in [1.807, 2.05) is 7.05 Å². The molecule has 0 spiro atoms. The fourth-order valence-corrected chi connectivity index (χ4v) is 2.78. The van der Waals surface area contributed by atoms with Crippen LogP contribution in [0, 0.1) is 5.92 Å². The Balaban J connectivity index is 2.22. The van der Waals surface area contributed by atoms with Crippen molar-refractivity contribution in [2.75, 3.05) is 33.2 Å². The van der Waals surface area contributed by atoms with E-state index < -0.39 is 0 Å². The topological polar surface area (TPSA) is 39.7 Å². The molecule has 0 bridgehead atoms. The van der Waals surface area contributed by atoms with Crippen molar-refractivity contribution in [1.82, 2.24) is 15.5 Å². The zero-order valence-corrected chi connectivity index (χ0v) is 13.9. The summed E-state index contributed by atoms with van der Waals surface area (Å²) in [6.07, 6.45) is 6.44. The van der Waals surface area contributed by atoms with Crippen LogP contribution in [0.4, 0.5) is 0 Å². The molecule has 2 N–H and O–H groups in total. The van der Waals surface area contributed by atoms with E-state index >= 15 is 0 Å². The van der Waals surface area contributed by atoms with Crippen LogP contribution in [-0.4, -0.2) is 50.1 Å². The van der Waals surface area contributed by atoms with Crippen molar-refractivity contribution in [3.63, 3.8) is 0 Å². The minimum Gasteiger partial charge on any atom is -0.356 e. The molecule has 1 fully saturated rings. The average molecular weight is 282 g/mol. The van der Waals surface area contributed by atoms with Crippen molar-refractivity contribution in [2.45, 2.75) is 58.9 Å². The number of hydrogen-bond donors (Lipinski definition) is 2. The quantitative estimate of drug-likeness (QED) is 0.428. The molecule has 20 heavy (non-hydrogen) atoms. The van der Waals surface area contributed by atoms with Gasteiger partial charge in [-0.05, 0) is 45.6 Å². The van der Waals surface area contributed by atoms with Gasteiger partial charge in [0.2, 0.25) is 0 Å². The van der Waals surface area contributed by atoms with Crippen molar-refractivity contribution >= 4 is 5.96 Å². The minimum absolute atomic E-state index is 0.671. The molecule has 1 aliphatic rings. The van der Waals surface area contributed by atoms with Crippen LogP contribution in [0.5, 0.6) is 0 Å². The summed E-state index contributed by atoms with van der Waals surface area (Å²) < 4.78 is 0. The van der Waals surface area contributed by atoms with Crippen molar-refractivity contribution in [1.29, 1.82) is 0 Å². The summed E-state index contributed by atoms with van der Waals surface area (Å²) in [4.78, 5) is 6.90. The Morgan fingerprint density at radius 3 is 2.75 bits per heavy atom. The van der Waals surface area contributed by atoms with Gasteiger partial charge in [-0.3, -0.25) is 4.99 Å². The van der Waals surface area contributed by atoms with Crippen LogP contribution >= 0.6 is 0 Å². The smallest absolute Gasteiger partial charge is 0.190 e. The molecule has 1 aliphatic heterocycles. The fraction of sp³-hybridized carbons (Fsp3) is 0.938. The second-order valence-corrected chi connectivity index (χ2v) is 6.18. The third-order valence-corrected chi connectivity index (χ3v) is 4.14. The van der Waals surface area contributed by atoms with Gasteiger partial charge in [0.05, 0.1) is 0 Å². The molecule has 1 saturated heterocycles. The van der Waals surface area contributed by atoms with Crippen LogP contribution in [0.3, 0.4) is 0 Å². The van der Waals surface area contributed by atoms with Crippen molar-refractivity contribution in [3.8, 4) is 0 Å². The molecule has 4 nitrogen and oxygen atoms in total. The highest BCUT2D eigenvalue weighted by molar-refractivity contribution is 5.79.